The first-order valence-corrected chi connectivity index (χ1v) is 5.29. The second-order valence-corrected chi connectivity index (χ2v) is 4.21. The zero-order valence-corrected chi connectivity index (χ0v) is 9.09. The molecule has 1 aliphatic carbocycles. The van der Waals surface area contributed by atoms with Gasteiger partial charge in [0, 0.05) is 5.56 Å². The van der Waals surface area contributed by atoms with E-state index in [9.17, 15) is 9.50 Å². The Morgan fingerprint density at radius 3 is 2.73 bits per heavy atom. The van der Waals surface area contributed by atoms with Crippen molar-refractivity contribution in [3.05, 3.63) is 28.5 Å². The molecule has 1 saturated carbocycles. The molecule has 1 aliphatic rings. The van der Waals surface area contributed by atoms with Crippen LogP contribution in [-0.4, -0.2) is 11.2 Å². The zero-order chi connectivity index (χ0) is 11.0. The number of rotatable bonds is 3. The monoisotopic (exact) mass is 230 g/mol. The van der Waals surface area contributed by atoms with Gasteiger partial charge in [-0.15, -0.1) is 0 Å². The SMILES string of the molecule is CC(O)c1cc(F)cc(Cl)c1OC1CC1. The molecule has 4 heteroatoms. The molecule has 1 fully saturated rings. The van der Waals surface area contributed by atoms with E-state index in [-0.39, 0.29) is 11.1 Å². The summed E-state index contributed by atoms with van der Waals surface area (Å²) in [6.45, 7) is 1.56. The van der Waals surface area contributed by atoms with Gasteiger partial charge in [-0.2, -0.15) is 0 Å². The first-order valence-electron chi connectivity index (χ1n) is 4.91. The number of ether oxygens (including phenoxy) is 1. The van der Waals surface area contributed by atoms with Crippen molar-refractivity contribution >= 4 is 11.6 Å². The molecule has 0 aromatic heterocycles. The summed E-state index contributed by atoms with van der Waals surface area (Å²) in [6.07, 6.45) is 1.37. The van der Waals surface area contributed by atoms with Crippen LogP contribution in [0.25, 0.3) is 0 Å². The van der Waals surface area contributed by atoms with Crippen molar-refractivity contribution in [2.24, 2.45) is 0 Å². The molecule has 0 aliphatic heterocycles. The van der Waals surface area contributed by atoms with Gasteiger partial charge in [0.2, 0.25) is 0 Å². The Morgan fingerprint density at radius 1 is 1.53 bits per heavy atom. The Hall–Kier alpha value is -0.800. The van der Waals surface area contributed by atoms with Gasteiger partial charge < -0.3 is 9.84 Å². The summed E-state index contributed by atoms with van der Waals surface area (Å²) in [5.74, 6) is -0.0467. The van der Waals surface area contributed by atoms with E-state index in [0.29, 0.717) is 11.3 Å². The molecule has 1 N–H and O–H groups in total. The standard InChI is InChI=1S/C11H12ClFO2/c1-6(14)9-4-7(13)5-10(12)11(9)15-8-2-3-8/h4-6,8,14H,2-3H2,1H3. The van der Waals surface area contributed by atoms with Gasteiger partial charge in [0.1, 0.15) is 11.6 Å². The molecule has 2 rings (SSSR count). The van der Waals surface area contributed by atoms with Crippen LogP contribution >= 0.6 is 11.6 Å². The lowest BCUT2D eigenvalue weighted by atomic mass is 10.1. The van der Waals surface area contributed by atoms with Gasteiger partial charge in [0.25, 0.3) is 0 Å². The highest BCUT2D eigenvalue weighted by Gasteiger charge is 2.26. The highest BCUT2D eigenvalue weighted by molar-refractivity contribution is 6.32. The number of aliphatic hydroxyl groups excluding tert-OH is 1. The molecule has 2 nitrogen and oxygen atoms in total. The normalized spacial score (nSPS) is 17.6. The van der Waals surface area contributed by atoms with Gasteiger partial charge in [0.05, 0.1) is 17.2 Å². The molecular formula is C11H12ClFO2. The maximum absolute atomic E-state index is 13.1. The Kier molecular flexibility index (Phi) is 2.85. The van der Waals surface area contributed by atoms with Crippen LogP contribution in [0.5, 0.6) is 5.75 Å². The predicted octanol–water partition coefficient (Wildman–Crippen LogP) is 3.07. The molecule has 82 valence electrons. The van der Waals surface area contributed by atoms with Crippen molar-refractivity contribution in [2.75, 3.05) is 0 Å². The minimum absolute atomic E-state index is 0.172. The van der Waals surface area contributed by atoms with E-state index in [1.165, 1.54) is 12.1 Å². The molecule has 15 heavy (non-hydrogen) atoms. The molecule has 0 bridgehead atoms. The smallest absolute Gasteiger partial charge is 0.144 e. The van der Waals surface area contributed by atoms with Crippen molar-refractivity contribution < 1.29 is 14.2 Å². The minimum Gasteiger partial charge on any atom is -0.488 e. The largest absolute Gasteiger partial charge is 0.488 e. The highest BCUT2D eigenvalue weighted by Crippen LogP contribution is 2.38. The Balaban J connectivity index is 2.38. The van der Waals surface area contributed by atoms with Crippen LogP contribution in [-0.2, 0) is 0 Å². The summed E-state index contributed by atoms with van der Waals surface area (Å²) in [5.41, 5.74) is 0.409. The van der Waals surface area contributed by atoms with Crippen LogP contribution < -0.4 is 4.74 Å². The summed E-state index contributed by atoms with van der Waals surface area (Å²) in [7, 11) is 0. The average molecular weight is 231 g/mol. The van der Waals surface area contributed by atoms with Gasteiger partial charge in [-0.25, -0.2) is 4.39 Å². The van der Waals surface area contributed by atoms with Gasteiger partial charge in [-0.05, 0) is 31.9 Å². The van der Waals surface area contributed by atoms with Gasteiger partial charge in [0.15, 0.2) is 0 Å². The van der Waals surface area contributed by atoms with Crippen LogP contribution in [0.3, 0.4) is 0 Å². The van der Waals surface area contributed by atoms with Crippen LogP contribution in [0, 0.1) is 5.82 Å². The van der Waals surface area contributed by atoms with Gasteiger partial charge >= 0.3 is 0 Å². The second kappa shape index (κ2) is 3.99. The Morgan fingerprint density at radius 2 is 2.20 bits per heavy atom. The van der Waals surface area contributed by atoms with E-state index in [4.69, 9.17) is 16.3 Å². The van der Waals surface area contributed by atoms with Crippen molar-refractivity contribution in [1.29, 1.82) is 0 Å². The first-order chi connectivity index (χ1) is 7.08. The van der Waals surface area contributed by atoms with Crippen LogP contribution in [0.4, 0.5) is 4.39 Å². The van der Waals surface area contributed by atoms with E-state index in [2.05, 4.69) is 0 Å². The summed E-state index contributed by atoms with van der Waals surface area (Å²) >= 11 is 5.87. The van der Waals surface area contributed by atoms with Crippen molar-refractivity contribution in [3.63, 3.8) is 0 Å². The van der Waals surface area contributed by atoms with E-state index >= 15 is 0 Å². The lowest BCUT2D eigenvalue weighted by Crippen LogP contribution is -2.03. The second-order valence-electron chi connectivity index (χ2n) is 3.80. The maximum atomic E-state index is 13.1. The van der Waals surface area contributed by atoms with E-state index in [1.54, 1.807) is 6.92 Å². The molecule has 0 radical (unpaired) electrons. The molecule has 0 amide bonds. The number of hydrogen-bond donors (Lipinski definition) is 1. The van der Waals surface area contributed by atoms with Crippen LogP contribution in [0.15, 0.2) is 12.1 Å². The zero-order valence-electron chi connectivity index (χ0n) is 8.34. The number of hydrogen-bond acceptors (Lipinski definition) is 2. The van der Waals surface area contributed by atoms with E-state index in [1.807, 2.05) is 0 Å². The van der Waals surface area contributed by atoms with Crippen molar-refractivity contribution in [3.8, 4) is 5.75 Å². The fraction of sp³-hybridized carbons (Fsp3) is 0.455. The average Bonchev–Trinajstić information content (AvgIpc) is 2.92. The lowest BCUT2D eigenvalue weighted by Gasteiger charge is -2.14. The number of benzene rings is 1. The lowest BCUT2D eigenvalue weighted by molar-refractivity contribution is 0.189. The molecule has 1 aromatic carbocycles. The minimum atomic E-state index is -0.785. The van der Waals surface area contributed by atoms with Crippen molar-refractivity contribution in [2.45, 2.75) is 32.0 Å². The van der Waals surface area contributed by atoms with Crippen molar-refractivity contribution in [1.82, 2.24) is 0 Å². The van der Waals surface area contributed by atoms with Crippen LogP contribution in [0.2, 0.25) is 5.02 Å². The summed E-state index contributed by atoms with van der Waals surface area (Å²) < 4.78 is 18.6. The van der Waals surface area contributed by atoms with E-state index in [0.717, 1.165) is 12.8 Å². The molecule has 1 aromatic rings. The van der Waals surface area contributed by atoms with Gasteiger partial charge in [-0.3, -0.25) is 0 Å². The Bertz CT molecular complexity index is 375. The summed E-state index contributed by atoms with van der Waals surface area (Å²) in [5, 5.41) is 9.70. The third-order valence-corrected chi connectivity index (χ3v) is 2.58. The fourth-order valence-electron chi connectivity index (χ4n) is 1.37. The molecule has 0 saturated heterocycles. The fourth-order valence-corrected chi connectivity index (χ4v) is 1.63. The third-order valence-electron chi connectivity index (χ3n) is 2.30. The quantitative estimate of drug-likeness (QED) is 0.865. The Labute approximate surface area is 92.6 Å². The maximum Gasteiger partial charge on any atom is 0.144 e. The first kappa shape index (κ1) is 10.7. The molecule has 1 atom stereocenters. The van der Waals surface area contributed by atoms with Gasteiger partial charge in [-0.1, -0.05) is 11.6 Å². The number of halogens is 2. The molecular weight excluding hydrogens is 219 g/mol. The predicted molar refractivity (Wildman–Crippen MR) is 55.7 cm³/mol. The molecule has 0 heterocycles. The summed E-state index contributed by atoms with van der Waals surface area (Å²) in [6, 6.07) is 2.46. The molecule has 0 spiro atoms. The highest BCUT2D eigenvalue weighted by atomic mass is 35.5. The molecule has 1 unspecified atom stereocenters. The topological polar surface area (TPSA) is 29.5 Å². The third kappa shape index (κ3) is 2.41. The van der Waals surface area contributed by atoms with E-state index < -0.39 is 11.9 Å². The summed E-state index contributed by atoms with van der Waals surface area (Å²) in [4.78, 5) is 0. The number of aliphatic hydroxyl groups is 1. The van der Waals surface area contributed by atoms with Crippen LogP contribution in [0.1, 0.15) is 31.4 Å².